The first kappa shape index (κ1) is 8.28. The highest BCUT2D eigenvalue weighted by atomic mass is 14.8. The molecule has 60 valence electrons. The van der Waals surface area contributed by atoms with Crippen LogP contribution in [0.3, 0.4) is 0 Å². The minimum Gasteiger partial charge on any atom is -0.317 e. The van der Waals surface area contributed by atoms with Gasteiger partial charge >= 0.3 is 0 Å². The summed E-state index contributed by atoms with van der Waals surface area (Å²) in [7, 11) is 0. The van der Waals surface area contributed by atoms with Gasteiger partial charge in [0, 0.05) is 0 Å². The van der Waals surface area contributed by atoms with E-state index in [-0.39, 0.29) is 0 Å². The smallest absolute Gasteiger partial charge is 0.000847 e. The van der Waals surface area contributed by atoms with Crippen molar-refractivity contribution in [3.63, 3.8) is 0 Å². The predicted molar refractivity (Wildman–Crippen MR) is 48.7 cm³/mol. The van der Waals surface area contributed by atoms with E-state index < -0.39 is 0 Å². The fourth-order valence-electron chi connectivity index (χ4n) is 1.05. The molecule has 11 heavy (non-hydrogen) atoms. The first-order chi connectivity index (χ1) is 5.43. The standard InChI is InChI=1S/C10H15N/c1-2-11-9-8-10-6-4-3-5-7-10/h3-7,11H,2,8-9H2,1H3. The van der Waals surface area contributed by atoms with Gasteiger partial charge in [0.2, 0.25) is 0 Å². The van der Waals surface area contributed by atoms with Crippen molar-refractivity contribution in [1.29, 1.82) is 0 Å². The topological polar surface area (TPSA) is 12.0 Å². The van der Waals surface area contributed by atoms with Crippen LogP contribution in [-0.2, 0) is 6.42 Å². The molecule has 0 atom stereocenters. The number of benzene rings is 1. The number of hydrogen-bond acceptors (Lipinski definition) is 1. The van der Waals surface area contributed by atoms with E-state index in [9.17, 15) is 0 Å². The van der Waals surface area contributed by atoms with E-state index in [1.165, 1.54) is 5.56 Å². The van der Waals surface area contributed by atoms with Gasteiger partial charge in [0.1, 0.15) is 0 Å². The quantitative estimate of drug-likeness (QED) is 0.644. The molecule has 1 heteroatoms. The molecule has 0 unspecified atom stereocenters. The molecule has 0 aliphatic rings. The molecule has 0 heterocycles. The highest BCUT2D eigenvalue weighted by Crippen LogP contribution is 1.97. The zero-order chi connectivity index (χ0) is 7.94. The van der Waals surface area contributed by atoms with Gasteiger partial charge < -0.3 is 5.32 Å². The SMILES string of the molecule is CCNCCc1ccccc1. The zero-order valence-electron chi connectivity index (χ0n) is 7.01. The Morgan fingerprint density at radius 1 is 1.18 bits per heavy atom. The van der Waals surface area contributed by atoms with Crippen molar-refractivity contribution in [1.82, 2.24) is 5.32 Å². The number of nitrogens with one attached hydrogen (secondary N) is 1. The highest BCUT2D eigenvalue weighted by Gasteiger charge is 1.88. The second-order valence-electron chi connectivity index (χ2n) is 2.59. The average Bonchev–Trinajstić information content (AvgIpc) is 2.07. The van der Waals surface area contributed by atoms with Gasteiger partial charge in [-0.3, -0.25) is 0 Å². The van der Waals surface area contributed by atoms with E-state index in [0.717, 1.165) is 19.5 Å². The van der Waals surface area contributed by atoms with Crippen LogP contribution in [0.4, 0.5) is 0 Å². The molecule has 0 aliphatic carbocycles. The molecular formula is C10H15N. The summed E-state index contributed by atoms with van der Waals surface area (Å²) in [5, 5.41) is 3.30. The van der Waals surface area contributed by atoms with Crippen molar-refractivity contribution in [3.8, 4) is 0 Å². The Morgan fingerprint density at radius 3 is 2.55 bits per heavy atom. The van der Waals surface area contributed by atoms with Gasteiger partial charge in [-0.15, -0.1) is 0 Å². The summed E-state index contributed by atoms with van der Waals surface area (Å²) in [4.78, 5) is 0. The maximum absolute atomic E-state index is 3.30. The summed E-state index contributed by atoms with van der Waals surface area (Å²) < 4.78 is 0. The van der Waals surface area contributed by atoms with Crippen molar-refractivity contribution in [2.75, 3.05) is 13.1 Å². The van der Waals surface area contributed by atoms with E-state index in [1.807, 2.05) is 0 Å². The molecule has 1 aromatic rings. The van der Waals surface area contributed by atoms with Gasteiger partial charge in [0.05, 0.1) is 0 Å². The summed E-state index contributed by atoms with van der Waals surface area (Å²) in [5.74, 6) is 0. The van der Waals surface area contributed by atoms with Crippen LogP contribution >= 0.6 is 0 Å². The van der Waals surface area contributed by atoms with Crippen molar-refractivity contribution >= 4 is 0 Å². The summed E-state index contributed by atoms with van der Waals surface area (Å²) >= 11 is 0. The van der Waals surface area contributed by atoms with E-state index in [1.54, 1.807) is 0 Å². The molecule has 0 fully saturated rings. The van der Waals surface area contributed by atoms with Crippen LogP contribution in [0.2, 0.25) is 0 Å². The first-order valence-corrected chi connectivity index (χ1v) is 4.18. The molecule has 1 N–H and O–H groups in total. The molecule has 0 bridgehead atoms. The Bertz CT molecular complexity index is 181. The third kappa shape index (κ3) is 3.19. The van der Waals surface area contributed by atoms with Crippen LogP contribution in [0, 0.1) is 0 Å². The molecule has 0 amide bonds. The number of hydrogen-bond donors (Lipinski definition) is 1. The van der Waals surface area contributed by atoms with Crippen LogP contribution in [0.15, 0.2) is 30.3 Å². The Morgan fingerprint density at radius 2 is 1.91 bits per heavy atom. The molecule has 0 aliphatic heterocycles. The molecule has 1 nitrogen and oxygen atoms in total. The predicted octanol–water partition coefficient (Wildman–Crippen LogP) is 1.84. The molecule has 1 aromatic carbocycles. The second-order valence-corrected chi connectivity index (χ2v) is 2.59. The van der Waals surface area contributed by atoms with Crippen LogP contribution in [0.5, 0.6) is 0 Å². The Labute approximate surface area is 68.4 Å². The maximum Gasteiger partial charge on any atom is -0.000847 e. The summed E-state index contributed by atoms with van der Waals surface area (Å²) in [5.41, 5.74) is 1.41. The van der Waals surface area contributed by atoms with Gasteiger partial charge in [-0.05, 0) is 25.1 Å². The van der Waals surface area contributed by atoms with Gasteiger partial charge in [-0.2, -0.15) is 0 Å². The third-order valence-electron chi connectivity index (χ3n) is 1.68. The lowest BCUT2D eigenvalue weighted by molar-refractivity contribution is 0.716. The summed E-state index contributed by atoms with van der Waals surface area (Å²) in [6.45, 7) is 4.28. The lowest BCUT2D eigenvalue weighted by Gasteiger charge is -2.00. The summed E-state index contributed by atoms with van der Waals surface area (Å²) in [6.07, 6.45) is 1.13. The minimum atomic E-state index is 1.06. The van der Waals surface area contributed by atoms with Crippen molar-refractivity contribution in [2.24, 2.45) is 0 Å². The second kappa shape index (κ2) is 4.91. The molecule has 0 aromatic heterocycles. The van der Waals surface area contributed by atoms with Crippen LogP contribution in [0.25, 0.3) is 0 Å². The Hall–Kier alpha value is -0.820. The maximum atomic E-state index is 3.30. The van der Waals surface area contributed by atoms with E-state index in [4.69, 9.17) is 0 Å². The van der Waals surface area contributed by atoms with Gasteiger partial charge in [-0.25, -0.2) is 0 Å². The van der Waals surface area contributed by atoms with Crippen molar-refractivity contribution < 1.29 is 0 Å². The Kier molecular flexibility index (Phi) is 3.70. The van der Waals surface area contributed by atoms with Crippen LogP contribution in [0.1, 0.15) is 12.5 Å². The van der Waals surface area contributed by atoms with E-state index in [2.05, 4.69) is 42.6 Å². The zero-order valence-corrected chi connectivity index (χ0v) is 7.01. The Balaban J connectivity index is 2.28. The van der Waals surface area contributed by atoms with E-state index >= 15 is 0 Å². The number of rotatable bonds is 4. The fraction of sp³-hybridized carbons (Fsp3) is 0.400. The molecule has 0 spiro atoms. The molecule has 0 saturated carbocycles. The minimum absolute atomic E-state index is 1.06. The van der Waals surface area contributed by atoms with Crippen molar-refractivity contribution in [3.05, 3.63) is 35.9 Å². The fourth-order valence-corrected chi connectivity index (χ4v) is 1.05. The third-order valence-corrected chi connectivity index (χ3v) is 1.68. The van der Waals surface area contributed by atoms with Crippen LogP contribution < -0.4 is 5.32 Å². The van der Waals surface area contributed by atoms with Gasteiger partial charge in [0.25, 0.3) is 0 Å². The molecule has 0 saturated heterocycles. The molecule has 0 radical (unpaired) electrons. The van der Waals surface area contributed by atoms with Gasteiger partial charge in [0.15, 0.2) is 0 Å². The largest absolute Gasteiger partial charge is 0.317 e. The normalized spacial score (nSPS) is 9.91. The average molecular weight is 149 g/mol. The summed E-state index contributed by atoms with van der Waals surface area (Å²) in [6, 6.07) is 10.5. The molecular weight excluding hydrogens is 134 g/mol. The lowest BCUT2D eigenvalue weighted by Crippen LogP contribution is -2.15. The van der Waals surface area contributed by atoms with Crippen LogP contribution in [-0.4, -0.2) is 13.1 Å². The first-order valence-electron chi connectivity index (χ1n) is 4.18. The van der Waals surface area contributed by atoms with Gasteiger partial charge in [-0.1, -0.05) is 37.3 Å². The van der Waals surface area contributed by atoms with Crippen molar-refractivity contribution in [2.45, 2.75) is 13.3 Å². The highest BCUT2D eigenvalue weighted by molar-refractivity contribution is 5.14. The number of likely N-dealkylation sites (N-methyl/N-ethyl adjacent to an activating group) is 1. The lowest BCUT2D eigenvalue weighted by atomic mass is 10.1. The monoisotopic (exact) mass is 149 g/mol. The van der Waals surface area contributed by atoms with E-state index in [0.29, 0.717) is 0 Å². The molecule has 1 rings (SSSR count).